The van der Waals surface area contributed by atoms with E-state index in [1.54, 1.807) is 34.6 Å². The molecule has 0 aromatic heterocycles. The quantitative estimate of drug-likeness (QED) is 0.767. The second-order valence-corrected chi connectivity index (χ2v) is 8.79. The lowest BCUT2D eigenvalue weighted by molar-refractivity contribution is -0.173. The molecule has 0 bridgehead atoms. The predicted molar refractivity (Wildman–Crippen MR) is 102 cm³/mol. The molecule has 0 spiro atoms. The van der Waals surface area contributed by atoms with Crippen LogP contribution in [0.25, 0.3) is 0 Å². The molecule has 2 N–H and O–H groups in total. The topological polar surface area (TPSA) is 84.9 Å². The number of carbonyl (C=O) groups excluding carboxylic acids is 2. The van der Waals surface area contributed by atoms with Crippen molar-refractivity contribution in [3.8, 4) is 0 Å². The molecular weight excluding hydrogens is 346 g/mol. The highest BCUT2D eigenvalue weighted by Crippen LogP contribution is 2.47. The van der Waals surface area contributed by atoms with Gasteiger partial charge in [0.1, 0.15) is 12.2 Å². The number of carbonyl (C=O) groups is 2. The lowest BCUT2D eigenvalue weighted by atomic mass is 9.72. The van der Waals surface area contributed by atoms with Gasteiger partial charge < -0.3 is 19.9 Å². The van der Waals surface area contributed by atoms with Crippen LogP contribution >= 0.6 is 0 Å². The van der Waals surface area contributed by atoms with Crippen molar-refractivity contribution in [2.75, 3.05) is 0 Å². The van der Waals surface area contributed by atoms with Gasteiger partial charge in [0.2, 0.25) is 0 Å². The zero-order chi connectivity index (χ0) is 20.3. The van der Waals surface area contributed by atoms with Crippen molar-refractivity contribution in [1.29, 1.82) is 0 Å². The fourth-order valence-electron chi connectivity index (χ4n) is 3.49. The number of hydrogen-bond acceptors (Lipinski definition) is 5. The number of benzene rings is 1. The highest BCUT2D eigenvalue weighted by molar-refractivity contribution is 5.79. The molecule has 1 aliphatic rings. The van der Waals surface area contributed by atoms with Crippen LogP contribution in [0.5, 0.6) is 0 Å². The summed E-state index contributed by atoms with van der Waals surface area (Å²) >= 11 is 0. The maximum absolute atomic E-state index is 12.9. The van der Waals surface area contributed by atoms with Gasteiger partial charge in [-0.2, -0.15) is 0 Å². The molecule has 1 saturated carbocycles. The summed E-state index contributed by atoms with van der Waals surface area (Å²) in [6.45, 7) is 8.77. The Labute approximate surface area is 161 Å². The number of esters is 1. The van der Waals surface area contributed by atoms with Crippen LogP contribution in [0.3, 0.4) is 0 Å². The van der Waals surface area contributed by atoms with Gasteiger partial charge >= 0.3 is 12.1 Å². The molecule has 0 saturated heterocycles. The standard InChI is InChI=1S/C21H31NO5/c1-19(2,3)27-18(24)22-16-11-12-21(13-16,20(4,5)25)17(23)26-14-15-9-7-6-8-10-15/h6-10,16,25H,11-14H2,1-5H3,(H,22,24)/t16-,21-/m1/s1. The maximum atomic E-state index is 12.9. The average molecular weight is 377 g/mol. The minimum Gasteiger partial charge on any atom is -0.460 e. The van der Waals surface area contributed by atoms with Crippen LogP contribution in [0, 0.1) is 5.41 Å². The van der Waals surface area contributed by atoms with E-state index in [9.17, 15) is 14.7 Å². The second-order valence-electron chi connectivity index (χ2n) is 8.79. The number of amides is 1. The minimum absolute atomic E-state index is 0.154. The summed E-state index contributed by atoms with van der Waals surface area (Å²) in [6, 6.07) is 9.16. The minimum atomic E-state index is -1.27. The number of aliphatic hydroxyl groups is 1. The molecule has 1 aliphatic carbocycles. The Morgan fingerprint density at radius 3 is 2.37 bits per heavy atom. The number of hydrogen-bond donors (Lipinski definition) is 2. The van der Waals surface area contributed by atoms with Crippen LogP contribution in [0.4, 0.5) is 4.79 Å². The summed E-state index contributed by atoms with van der Waals surface area (Å²) in [5.74, 6) is -0.438. The first-order chi connectivity index (χ1) is 12.4. The van der Waals surface area contributed by atoms with Gasteiger partial charge in [-0.3, -0.25) is 4.79 Å². The van der Waals surface area contributed by atoms with Gasteiger partial charge in [-0.05, 0) is 59.4 Å². The van der Waals surface area contributed by atoms with Crippen LogP contribution in [0.1, 0.15) is 59.4 Å². The maximum Gasteiger partial charge on any atom is 0.407 e. The molecule has 6 nitrogen and oxygen atoms in total. The number of ether oxygens (including phenoxy) is 2. The van der Waals surface area contributed by atoms with Gasteiger partial charge in [-0.1, -0.05) is 30.3 Å². The van der Waals surface area contributed by atoms with Gasteiger partial charge in [0, 0.05) is 6.04 Å². The van der Waals surface area contributed by atoms with E-state index in [2.05, 4.69) is 5.32 Å². The first-order valence-electron chi connectivity index (χ1n) is 9.36. The van der Waals surface area contributed by atoms with Crippen LogP contribution < -0.4 is 5.32 Å². The van der Waals surface area contributed by atoms with E-state index in [0.717, 1.165) is 5.56 Å². The van der Waals surface area contributed by atoms with Crippen LogP contribution in [-0.2, 0) is 20.9 Å². The number of nitrogens with one attached hydrogen (secondary N) is 1. The zero-order valence-corrected chi connectivity index (χ0v) is 16.9. The highest BCUT2D eigenvalue weighted by Gasteiger charge is 2.56. The van der Waals surface area contributed by atoms with Crippen molar-refractivity contribution in [3.63, 3.8) is 0 Å². The molecule has 1 aromatic rings. The van der Waals surface area contributed by atoms with Crippen molar-refractivity contribution >= 4 is 12.1 Å². The Morgan fingerprint density at radius 1 is 1.19 bits per heavy atom. The average Bonchev–Trinajstić information content (AvgIpc) is 2.96. The Kier molecular flexibility index (Phi) is 6.20. The van der Waals surface area contributed by atoms with Gasteiger partial charge in [0.15, 0.2) is 0 Å². The largest absolute Gasteiger partial charge is 0.460 e. The molecule has 27 heavy (non-hydrogen) atoms. The van der Waals surface area contributed by atoms with Crippen molar-refractivity contribution in [2.45, 2.75) is 77.7 Å². The normalized spacial score (nSPS) is 23.0. The zero-order valence-electron chi connectivity index (χ0n) is 16.9. The van der Waals surface area contributed by atoms with Crippen LogP contribution in [0.2, 0.25) is 0 Å². The fraction of sp³-hybridized carbons (Fsp3) is 0.619. The van der Waals surface area contributed by atoms with Gasteiger partial charge in [0.05, 0.1) is 11.0 Å². The van der Waals surface area contributed by atoms with Crippen LogP contribution in [-0.4, -0.2) is 34.4 Å². The third-order valence-corrected chi connectivity index (χ3v) is 5.01. The van der Waals surface area contributed by atoms with Gasteiger partial charge in [-0.15, -0.1) is 0 Å². The lowest BCUT2D eigenvalue weighted by Crippen LogP contribution is -2.50. The number of alkyl carbamates (subject to hydrolysis) is 1. The summed E-state index contributed by atoms with van der Waals surface area (Å²) in [4.78, 5) is 25.0. The molecule has 150 valence electrons. The van der Waals surface area contributed by atoms with E-state index in [1.807, 2.05) is 30.3 Å². The summed E-state index contributed by atoms with van der Waals surface area (Å²) in [5.41, 5.74) is -2.05. The summed E-state index contributed by atoms with van der Waals surface area (Å²) in [5, 5.41) is 13.5. The molecule has 2 rings (SSSR count). The first-order valence-corrected chi connectivity index (χ1v) is 9.36. The lowest BCUT2D eigenvalue weighted by Gasteiger charge is -2.38. The highest BCUT2D eigenvalue weighted by atomic mass is 16.6. The van der Waals surface area contributed by atoms with Crippen molar-refractivity contribution in [2.24, 2.45) is 5.41 Å². The first kappa shape index (κ1) is 21.2. The van der Waals surface area contributed by atoms with Crippen molar-refractivity contribution in [3.05, 3.63) is 35.9 Å². The van der Waals surface area contributed by atoms with E-state index in [1.165, 1.54) is 0 Å². The second kappa shape index (κ2) is 7.89. The van der Waals surface area contributed by atoms with Crippen molar-refractivity contribution < 1.29 is 24.2 Å². The molecule has 0 heterocycles. The van der Waals surface area contributed by atoms with Crippen LogP contribution in [0.15, 0.2) is 30.3 Å². The molecule has 6 heteroatoms. The SMILES string of the molecule is CC(C)(C)OC(=O)N[C@@H]1CC[C@@](C(=O)OCc2ccccc2)(C(C)(C)O)C1. The van der Waals surface area contributed by atoms with E-state index in [-0.39, 0.29) is 12.6 Å². The van der Waals surface area contributed by atoms with E-state index >= 15 is 0 Å². The Bertz CT molecular complexity index is 659. The third kappa shape index (κ3) is 5.45. The smallest absolute Gasteiger partial charge is 0.407 e. The van der Waals surface area contributed by atoms with E-state index in [0.29, 0.717) is 19.3 Å². The number of rotatable bonds is 5. The van der Waals surface area contributed by atoms with Gasteiger partial charge in [-0.25, -0.2) is 4.79 Å². The molecular formula is C21H31NO5. The summed E-state index contributed by atoms with van der Waals surface area (Å²) < 4.78 is 10.8. The van der Waals surface area contributed by atoms with E-state index < -0.39 is 28.7 Å². The predicted octanol–water partition coefficient (Wildman–Crippen LogP) is 3.56. The molecule has 0 radical (unpaired) electrons. The third-order valence-electron chi connectivity index (χ3n) is 5.01. The van der Waals surface area contributed by atoms with E-state index in [4.69, 9.17) is 9.47 Å². The molecule has 1 fully saturated rings. The molecule has 0 unspecified atom stereocenters. The monoisotopic (exact) mass is 377 g/mol. The molecule has 1 amide bonds. The molecule has 1 aromatic carbocycles. The van der Waals surface area contributed by atoms with Gasteiger partial charge in [0.25, 0.3) is 0 Å². The fourth-order valence-corrected chi connectivity index (χ4v) is 3.49. The molecule has 2 atom stereocenters. The summed E-state index contributed by atoms with van der Waals surface area (Å²) in [7, 11) is 0. The van der Waals surface area contributed by atoms with Crippen molar-refractivity contribution in [1.82, 2.24) is 5.32 Å². The Hall–Kier alpha value is -2.08. The Balaban J connectivity index is 2.05. The summed E-state index contributed by atoms with van der Waals surface area (Å²) in [6.07, 6.45) is 0.800. The Morgan fingerprint density at radius 2 is 1.81 bits per heavy atom. The molecule has 0 aliphatic heterocycles.